The molecule has 0 aliphatic carbocycles. The summed E-state index contributed by atoms with van der Waals surface area (Å²) < 4.78 is 5.95. The highest BCUT2D eigenvalue weighted by Gasteiger charge is 2.23. The molecule has 1 aromatic heterocycles. The zero-order valence-corrected chi connectivity index (χ0v) is 11.6. The quantitative estimate of drug-likeness (QED) is 0.485. The van der Waals surface area contributed by atoms with Gasteiger partial charge >= 0.3 is 0 Å². The van der Waals surface area contributed by atoms with Gasteiger partial charge in [0.05, 0.1) is 9.21 Å². The average molecular weight is 295 g/mol. The molecule has 17 heavy (non-hydrogen) atoms. The van der Waals surface area contributed by atoms with Crippen molar-refractivity contribution in [3.8, 4) is 0 Å². The van der Waals surface area contributed by atoms with Crippen molar-refractivity contribution in [3.05, 3.63) is 31.5 Å². The molecule has 0 amide bonds. The minimum Gasteiger partial charge on any atom is -0.455 e. The third-order valence-corrected chi connectivity index (χ3v) is 3.62. The number of halogens is 1. The maximum atomic E-state index is 10.6. The topological polar surface area (TPSA) is 55.6 Å². The largest absolute Gasteiger partial charge is 0.455 e. The summed E-state index contributed by atoms with van der Waals surface area (Å²) in [5.41, 5.74) is 0. The summed E-state index contributed by atoms with van der Waals surface area (Å²) in [5.74, 6) is 0. The summed E-state index contributed by atoms with van der Waals surface area (Å²) in [5, 5.41) is 10.8. The van der Waals surface area contributed by atoms with Gasteiger partial charge in [-0.2, -0.15) is 0 Å². The minimum absolute atomic E-state index is 0.210. The van der Waals surface area contributed by atoms with Crippen LogP contribution in [0.15, 0.2) is 12.1 Å². The van der Waals surface area contributed by atoms with E-state index in [1.807, 2.05) is 0 Å². The molecule has 0 aliphatic rings. The number of nitro groups is 1. The van der Waals surface area contributed by atoms with E-state index in [-0.39, 0.29) is 11.7 Å². The van der Waals surface area contributed by atoms with Crippen LogP contribution in [0, 0.1) is 10.1 Å². The zero-order chi connectivity index (χ0) is 13.0. The molecule has 0 spiro atoms. The molecule has 0 bridgehead atoms. The Bertz CT molecular complexity index is 422. The summed E-state index contributed by atoms with van der Waals surface area (Å²) in [7, 11) is 3.43. The van der Waals surface area contributed by atoms with Crippen LogP contribution in [0.4, 0.5) is 0 Å². The summed E-state index contributed by atoms with van der Waals surface area (Å²) in [6.07, 6.45) is -0.697. The van der Waals surface area contributed by atoms with Gasteiger partial charge < -0.3 is 9.64 Å². The van der Waals surface area contributed by atoms with Crippen molar-refractivity contribution >= 4 is 40.3 Å². The summed E-state index contributed by atoms with van der Waals surface area (Å²) >= 11 is 12.0. The molecule has 0 aromatic carbocycles. The van der Waals surface area contributed by atoms with Crippen molar-refractivity contribution in [2.45, 2.75) is 6.10 Å². The predicted octanol–water partition coefficient (Wildman–Crippen LogP) is 2.58. The Hall–Kier alpha value is -0.920. The lowest BCUT2D eigenvalue weighted by molar-refractivity contribution is -0.490. The van der Waals surface area contributed by atoms with Crippen LogP contribution in [0.5, 0.6) is 0 Å². The molecule has 1 unspecified atom stereocenters. The SMILES string of the molecule is CN(C)C(=S)OC(C[N+](=O)[O-])c1ccc(Cl)s1. The number of ether oxygens (including phenoxy) is 1. The Morgan fingerprint density at radius 1 is 1.71 bits per heavy atom. The molecule has 1 rings (SSSR count). The number of hydrogen-bond donors (Lipinski definition) is 0. The van der Waals surface area contributed by atoms with Gasteiger partial charge in [-0.25, -0.2) is 0 Å². The fraction of sp³-hybridized carbons (Fsp3) is 0.444. The molecule has 0 saturated heterocycles. The second-order valence-electron chi connectivity index (χ2n) is 3.42. The van der Waals surface area contributed by atoms with Crippen molar-refractivity contribution in [2.75, 3.05) is 20.6 Å². The maximum Gasteiger partial charge on any atom is 0.259 e. The highest BCUT2D eigenvalue weighted by molar-refractivity contribution is 7.80. The van der Waals surface area contributed by atoms with Gasteiger partial charge in [0.25, 0.3) is 5.17 Å². The van der Waals surface area contributed by atoms with E-state index < -0.39 is 11.0 Å². The smallest absolute Gasteiger partial charge is 0.259 e. The van der Waals surface area contributed by atoms with Crippen LogP contribution in [0.3, 0.4) is 0 Å². The number of rotatable bonds is 4. The fourth-order valence-corrected chi connectivity index (χ4v) is 2.25. The zero-order valence-electron chi connectivity index (χ0n) is 9.25. The first-order valence-corrected chi connectivity index (χ1v) is 6.25. The third kappa shape index (κ3) is 4.45. The van der Waals surface area contributed by atoms with E-state index in [4.69, 9.17) is 28.6 Å². The lowest BCUT2D eigenvalue weighted by Gasteiger charge is -2.19. The minimum atomic E-state index is -0.697. The van der Waals surface area contributed by atoms with Crippen LogP contribution < -0.4 is 0 Å². The standard InChI is InChI=1S/C9H11ClN2O3S2/c1-11(2)9(16)15-6(5-12(13)14)7-3-4-8(10)17-7/h3-4,6H,5H2,1-2H3. The molecule has 0 N–H and O–H groups in total. The maximum absolute atomic E-state index is 10.6. The van der Waals surface area contributed by atoms with Crippen LogP contribution in [-0.4, -0.2) is 35.6 Å². The Morgan fingerprint density at radius 2 is 2.35 bits per heavy atom. The summed E-state index contributed by atoms with van der Waals surface area (Å²) in [4.78, 5) is 12.4. The first-order valence-electron chi connectivity index (χ1n) is 4.65. The summed E-state index contributed by atoms with van der Waals surface area (Å²) in [6, 6.07) is 3.38. The number of nitrogens with zero attached hydrogens (tertiary/aromatic N) is 2. The first kappa shape index (κ1) is 14.1. The van der Waals surface area contributed by atoms with E-state index in [1.165, 1.54) is 11.3 Å². The molecule has 1 heterocycles. The van der Waals surface area contributed by atoms with Crippen LogP contribution in [0.1, 0.15) is 11.0 Å². The fourth-order valence-electron chi connectivity index (χ4n) is 1.05. The van der Waals surface area contributed by atoms with Crippen LogP contribution >= 0.6 is 35.2 Å². The molecule has 94 valence electrons. The van der Waals surface area contributed by atoms with Crippen molar-refractivity contribution < 1.29 is 9.66 Å². The van der Waals surface area contributed by atoms with Crippen LogP contribution in [-0.2, 0) is 4.74 Å². The normalized spacial score (nSPS) is 11.9. The second-order valence-corrected chi connectivity index (χ2v) is 5.52. The Morgan fingerprint density at radius 3 is 2.76 bits per heavy atom. The summed E-state index contributed by atoms with van der Waals surface area (Å²) in [6.45, 7) is -0.342. The van der Waals surface area contributed by atoms with Crippen LogP contribution in [0.25, 0.3) is 0 Å². The van der Waals surface area contributed by atoms with Gasteiger partial charge in [0, 0.05) is 19.0 Å². The number of hydrogen-bond acceptors (Lipinski definition) is 5. The predicted molar refractivity (Wildman–Crippen MR) is 71.3 cm³/mol. The van der Waals surface area contributed by atoms with Crippen LogP contribution in [0.2, 0.25) is 4.34 Å². The molecule has 5 nitrogen and oxygen atoms in total. The Balaban J connectivity index is 2.81. The van der Waals surface area contributed by atoms with Gasteiger partial charge in [-0.3, -0.25) is 10.1 Å². The van der Waals surface area contributed by atoms with Gasteiger partial charge in [-0.05, 0) is 24.4 Å². The lowest BCUT2D eigenvalue weighted by atomic mass is 10.3. The van der Waals surface area contributed by atoms with Gasteiger partial charge in [0.2, 0.25) is 6.54 Å². The molecular formula is C9H11ClN2O3S2. The number of thiocarbonyl (C=S) groups is 1. The van der Waals surface area contributed by atoms with Crippen molar-refractivity contribution in [1.29, 1.82) is 0 Å². The van der Waals surface area contributed by atoms with E-state index in [0.29, 0.717) is 9.21 Å². The molecule has 8 heteroatoms. The second kappa shape index (κ2) is 6.13. The Kier molecular flexibility index (Phi) is 5.10. The molecular weight excluding hydrogens is 284 g/mol. The van der Waals surface area contributed by atoms with Crippen molar-refractivity contribution in [1.82, 2.24) is 4.90 Å². The van der Waals surface area contributed by atoms with Gasteiger partial charge in [0.1, 0.15) is 0 Å². The Labute approximate surface area is 113 Å². The molecule has 1 atom stereocenters. The van der Waals surface area contributed by atoms with E-state index in [2.05, 4.69) is 0 Å². The molecule has 0 fully saturated rings. The van der Waals surface area contributed by atoms with E-state index >= 15 is 0 Å². The molecule has 1 aromatic rings. The van der Waals surface area contributed by atoms with Gasteiger partial charge in [-0.15, -0.1) is 11.3 Å². The first-order chi connectivity index (χ1) is 7.90. The lowest BCUT2D eigenvalue weighted by Crippen LogP contribution is -2.27. The van der Waals surface area contributed by atoms with Gasteiger partial charge in [-0.1, -0.05) is 11.6 Å². The van der Waals surface area contributed by atoms with E-state index in [0.717, 1.165) is 0 Å². The molecule has 0 saturated carbocycles. The van der Waals surface area contributed by atoms with Crippen molar-refractivity contribution in [3.63, 3.8) is 0 Å². The molecule has 0 aliphatic heterocycles. The van der Waals surface area contributed by atoms with E-state index in [1.54, 1.807) is 31.1 Å². The monoisotopic (exact) mass is 294 g/mol. The van der Waals surface area contributed by atoms with Gasteiger partial charge in [0.15, 0.2) is 6.10 Å². The highest BCUT2D eigenvalue weighted by Crippen LogP contribution is 2.29. The van der Waals surface area contributed by atoms with E-state index in [9.17, 15) is 10.1 Å². The third-order valence-electron chi connectivity index (χ3n) is 1.83. The highest BCUT2D eigenvalue weighted by atomic mass is 35.5. The number of thiophene rings is 1. The molecule has 0 radical (unpaired) electrons. The van der Waals surface area contributed by atoms with Crippen molar-refractivity contribution in [2.24, 2.45) is 0 Å². The average Bonchev–Trinajstić information content (AvgIpc) is 2.62.